The van der Waals surface area contributed by atoms with Gasteiger partial charge in [0.05, 0.1) is 6.54 Å². The summed E-state index contributed by atoms with van der Waals surface area (Å²) in [4.78, 5) is 15.7. The third kappa shape index (κ3) is 5.30. The molecule has 0 atom stereocenters. The van der Waals surface area contributed by atoms with E-state index in [1.165, 1.54) is 5.69 Å². The van der Waals surface area contributed by atoms with E-state index in [2.05, 4.69) is 34.5 Å². The Bertz CT molecular complexity index is 398. The number of hydrogen-bond donors (Lipinski definition) is 1. The van der Waals surface area contributed by atoms with Crippen LogP contribution >= 0.6 is 0 Å². The third-order valence-electron chi connectivity index (χ3n) is 2.96. The molecule has 1 N–H and O–H groups in total. The first-order valence-electron chi connectivity index (χ1n) is 6.63. The number of likely N-dealkylation sites (N-methyl/N-ethyl adjacent to an activating group) is 1. The van der Waals surface area contributed by atoms with E-state index in [-0.39, 0.29) is 5.91 Å². The van der Waals surface area contributed by atoms with Crippen molar-refractivity contribution >= 4 is 11.6 Å². The van der Waals surface area contributed by atoms with Gasteiger partial charge in [0.2, 0.25) is 5.91 Å². The molecule has 0 fully saturated rings. The van der Waals surface area contributed by atoms with E-state index >= 15 is 0 Å². The molecule has 0 spiro atoms. The first-order chi connectivity index (χ1) is 8.90. The molecule has 0 saturated carbocycles. The van der Waals surface area contributed by atoms with Crippen molar-refractivity contribution < 1.29 is 4.79 Å². The van der Waals surface area contributed by atoms with E-state index in [9.17, 15) is 4.79 Å². The second-order valence-corrected chi connectivity index (χ2v) is 5.35. The number of carbonyl (C=O) groups excluding carboxylic acids is 1. The van der Waals surface area contributed by atoms with Gasteiger partial charge in [-0.05, 0) is 17.7 Å². The van der Waals surface area contributed by atoms with Gasteiger partial charge in [-0.25, -0.2) is 0 Å². The topological polar surface area (TPSA) is 35.6 Å². The zero-order valence-electron chi connectivity index (χ0n) is 12.6. The van der Waals surface area contributed by atoms with Gasteiger partial charge in [-0.15, -0.1) is 0 Å². The van der Waals surface area contributed by atoms with Crippen LogP contribution in [0.5, 0.6) is 0 Å². The lowest BCUT2D eigenvalue weighted by atomic mass is 10.2. The van der Waals surface area contributed by atoms with Crippen molar-refractivity contribution in [2.24, 2.45) is 0 Å². The van der Waals surface area contributed by atoms with Crippen LogP contribution in [0.1, 0.15) is 19.4 Å². The highest BCUT2D eigenvalue weighted by atomic mass is 16.2. The van der Waals surface area contributed by atoms with Gasteiger partial charge >= 0.3 is 0 Å². The highest BCUT2D eigenvalue weighted by molar-refractivity contribution is 5.78. The van der Waals surface area contributed by atoms with Crippen molar-refractivity contribution in [2.75, 3.05) is 32.6 Å². The zero-order valence-corrected chi connectivity index (χ0v) is 12.6. The van der Waals surface area contributed by atoms with Crippen molar-refractivity contribution in [3.8, 4) is 0 Å². The second-order valence-electron chi connectivity index (χ2n) is 5.35. The summed E-state index contributed by atoms with van der Waals surface area (Å²) in [6.45, 7) is 5.11. The summed E-state index contributed by atoms with van der Waals surface area (Å²) in [5.41, 5.74) is 2.31. The molecule has 0 bridgehead atoms. The van der Waals surface area contributed by atoms with E-state index in [0.29, 0.717) is 19.1 Å². The predicted molar refractivity (Wildman–Crippen MR) is 80.4 cm³/mol. The van der Waals surface area contributed by atoms with Gasteiger partial charge in [0.25, 0.3) is 0 Å². The van der Waals surface area contributed by atoms with Crippen LogP contribution in [0.3, 0.4) is 0 Å². The van der Waals surface area contributed by atoms with Crippen LogP contribution in [0.15, 0.2) is 24.3 Å². The Labute approximate surface area is 116 Å². The van der Waals surface area contributed by atoms with Crippen LogP contribution in [-0.4, -0.2) is 44.5 Å². The lowest BCUT2D eigenvalue weighted by Crippen LogP contribution is -2.37. The van der Waals surface area contributed by atoms with Crippen LogP contribution in [-0.2, 0) is 11.3 Å². The molecule has 1 aromatic rings. The molecule has 0 aliphatic rings. The molecule has 4 nitrogen and oxygen atoms in total. The van der Waals surface area contributed by atoms with Crippen molar-refractivity contribution in [1.29, 1.82) is 0 Å². The number of anilines is 1. The van der Waals surface area contributed by atoms with E-state index < -0.39 is 0 Å². The van der Waals surface area contributed by atoms with Gasteiger partial charge in [-0.3, -0.25) is 4.79 Å². The monoisotopic (exact) mass is 263 g/mol. The zero-order chi connectivity index (χ0) is 14.4. The highest BCUT2D eigenvalue weighted by Crippen LogP contribution is 2.13. The summed E-state index contributed by atoms with van der Waals surface area (Å²) < 4.78 is 0. The predicted octanol–water partition coefficient (Wildman–Crippen LogP) is 1.71. The van der Waals surface area contributed by atoms with Gasteiger partial charge in [0, 0.05) is 39.4 Å². The van der Waals surface area contributed by atoms with Crippen molar-refractivity contribution in [3.63, 3.8) is 0 Å². The minimum Gasteiger partial charge on any atom is -0.378 e. The van der Waals surface area contributed by atoms with E-state index in [4.69, 9.17) is 0 Å². The number of benzene rings is 1. The van der Waals surface area contributed by atoms with Crippen molar-refractivity contribution in [3.05, 3.63) is 29.8 Å². The molecule has 0 unspecified atom stereocenters. The van der Waals surface area contributed by atoms with Gasteiger partial charge in [-0.1, -0.05) is 26.0 Å². The SMILES string of the molecule is CC(C)NCC(=O)N(C)Cc1ccc(N(C)C)cc1. The molecule has 4 heteroatoms. The number of rotatable bonds is 6. The molecular formula is C15H25N3O. The molecule has 19 heavy (non-hydrogen) atoms. The molecule has 0 aliphatic carbocycles. The molecule has 0 aliphatic heterocycles. The number of nitrogens with one attached hydrogen (secondary N) is 1. The third-order valence-corrected chi connectivity index (χ3v) is 2.96. The summed E-state index contributed by atoms with van der Waals surface area (Å²) >= 11 is 0. The summed E-state index contributed by atoms with van der Waals surface area (Å²) in [5, 5.41) is 3.14. The lowest BCUT2D eigenvalue weighted by Gasteiger charge is -2.19. The molecule has 0 saturated heterocycles. The van der Waals surface area contributed by atoms with Crippen molar-refractivity contribution in [1.82, 2.24) is 10.2 Å². The standard InChI is InChI=1S/C15H25N3O/c1-12(2)16-10-15(19)18(5)11-13-6-8-14(9-7-13)17(3)4/h6-9,12,16H,10-11H2,1-5H3. The Morgan fingerprint density at radius 2 is 1.74 bits per heavy atom. The lowest BCUT2D eigenvalue weighted by molar-refractivity contribution is -0.129. The highest BCUT2D eigenvalue weighted by Gasteiger charge is 2.09. The van der Waals surface area contributed by atoms with E-state index in [0.717, 1.165) is 5.56 Å². The van der Waals surface area contributed by atoms with Crippen molar-refractivity contribution in [2.45, 2.75) is 26.4 Å². The number of amides is 1. The Morgan fingerprint density at radius 3 is 2.21 bits per heavy atom. The number of hydrogen-bond acceptors (Lipinski definition) is 3. The average Bonchev–Trinajstić information content (AvgIpc) is 2.36. The molecule has 0 heterocycles. The largest absolute Gasteiger partial charge is 0.378 e. The smallest absolute Gasteiger partial charge is 0.236 e. The van der Waals surface area contributed by atoms with Crippen LogP contribution in [0.4, 0.5) is 5.69 Å². The fourth-order valence-corrected chi connectivity index (χ4v) is 1.69. The number of nitrogens with zero attached hydrogens (tertiary/aromatic N) is 2. The van der Waals surface area contributed by atoms with Gasteiger partial charge in [0.15, 0.2) is 0 Å². The van der Waals surface area contributed by atoms with E-state index in [1.807, 2.05) is 35.0 Å². The second kappa shape index (κ2) is 7.14. The average molecular weight is 263 g/mol. The molecular weight excluding hydrogens is 238 g/mol. The Kier molecular flexibility index (Phi) is 5.83. The molecule has 1 rings (SSSR count). The fourth-order valence-electron chi connectivity index (χ4n) is 1.69. The molecule has 1 amide bonds. The maximum atomic E-state index is 11.9. The fraction of sp³-hybridized carbons (Fsp3) is 0.533. The first-order valence-corrected chi connectivity index (χ1v) is 6.63. The minimum atomic E-state index is 0.116. The van der Waals surface area contributed by atoms with Gasteiger partial charge in [0.1, 0.15) is 0 Å². The normalized spacial score (nSPS) is 10.6. The Balaban J connectivity index is 2.51. The van der Waals surface area contributed by atoms with Crippen LogP contribution in [0.2, 0.25) is 0 Å². The summed E-state index contributed by atoms with van der Waals surface area (Å²) in [5.74, 6) is 0.116. The van der Waals surface area contributed by atoms with E-state index in [1.54, 1.807) is 4.90 Å². The van der Waals surface area contributed by atoms with Crippen LogP contribution in [0, 0.1) is 0 Å². The molecule has 0 aromatic heterocycles. The first kappa shape index (κ1) is 15.5. The Morgan fingerprint density at radius 1 is 1.16 bits per heavy atom. The maximum Gasteiger partial charge on any atom is 0.236 e. The molecule has 106 valence electrons. The molecule has 0 radical (unpaired) electrons. The maximum absolute atomic E-state index is 11.9. The molecule has 1 aromatic carbocycles. The summed E-state index contributed by atoms with van der Waals surface area (Å²) in [7, 11) is 5.87. The summed E-state index contributed by atoms with van der Waals surface area (Å²) in [6, 6.07) is 8.60. The van der Waals surface area contributed by atoms with Gasteiger partial charge in [-0.2, -0.15) is 0 Å². The van der Waals surface area contributed by atoms with Crippen LogP contribution < -0.4 is 10.2 Å². The minimum absolute atomic E-state index is 0.116. The number of carbonyl (C=O) groups is 1. The Hall–Kier alpha value is -1.55. The quantitative estimate of drug-likeness (QED) is 0.848. The summed E-state index contributed by atoms with van der Waals surface area (Å²) in [6.07, 6.45) is 0. The van der Waals surface area contributed by atoms with Crippen LogP contribution in [0.25, 0.3) is 0 Å². The van der Waals surface area contributed by atoms with Gasteiger partial charge < -0.3 is 15.1 Å².